The molecule has 134 valence electrons. The molecule has 1 N–H and O–H groups in total. The van der Waals surface area contributed by atoms with E-state index in [0.717, 1.165) is 33.1 Å². The van der Waals surface area contributed by atoms with Crippen LogP contribution in [0.3, 0.4) is 0 Å². The summed E-state index contributed by atoms with van der Waals surface area (Å²) in [7, 11) is 1.58. The first-order chi connectivity index (χ1) is 12.6. The molecular weight excluding hydrogens is 348 g/mol. The predicted molar refractivity (Wildman–Crippen MR) is 105 cm³/mol. The third-order valence-corrected chi connectivity index (χ3v) is 4.72. The van der Waals surface area contributed by atoms with Crippen molar-refractivity contribution in [2.45, 2.75) is 20.4 Å². The Balaban J connectivity index is 1.72. The minimum absolute atomic E-state index is 0.486. The molecule has 3 aromatic heterocycles. The number of fused-ring (bicyclic) bond motifs is 1. The quantitative estimate of drug-likeness (QED) is 0.480. The topological polar surface area (TPSA) is 73.1 Å². The van der Waals surface area contributed by atoms with E-state index >= 15 is 0 Å². The van der Waals surface area contributed by atoms with Crippen molar-refractivity contribution in [3.8, 4) is 0 Å². The largest absolute Gasteiger partial charge is 0.497 e. The summed E-state index contributed by atoms with van der Waals surface area (Å²) in [5, 5.41) is 8.45. The van der Waals surface area contributed by atoms with Crippen molar-refractivity contribution in [1.82, 2.24) is 15.1 Å². The van der Waals surface area contributed by atoms with E-state index in [1.165, 1.54) is 4.88 Å². The molecule has 7 heteroatoms. The van der Waals surface area contributed by atoms with Crippen molar-refractivity contribution in [3.63, 3.8) is 0 Å². The van der Waals surface area contributed by atoms with Gasteiger partial charge < -0.3 is 14.6 Å². The molecular formula is C19H20N4O2S. The van der Waals surface area contributed by atoms with Gasteiger partial charge in [-0.2, -0.15) is 0 Å². The Morgan fingerprint density at radius 1 is 1.35 bits per heavy atom. The van der Waals surface area contributed by atoms with E-state index in [1.807, 2.05) is 25.1 Å². The van der Waals surface area contributed by atoms with E-state index in [4.69, 9.17) is 9.26 Å². The maximum Gasteiger partial charge on any atom is 0.156 e. The first-order valence-corrected chi connectivity index (χ1v) is 8.90. The number of aromatic nitrogens is 3. The Labute approximate surface area is 155 Å². The fraction of sp³-hybridized carbons (Fsp3) is 0.211. The van der Waals surface area contributed by atoms with E-state index in [0.29, 0.717) is 12.3 Å². The van der Waals surface area contributed by atoms with Crippen LogP contribution in [0.25, 0.3) is 15.8 Å². The van der Waals surface area contributed by atoms with E-state index in [-0.39, 0.29) is 0 Å². The van der Waals surface area contributed by atoms with Crippen LogP contribution in [0, 0.1) is 6.92 Å². The molecule has 0 aliphatic carbocycles. The van der Waals surface area contributed by atoms with Gasteiger partial charge in [-0.1, -0.05) is 17.8 Å². The standard InChI is InChI=1S/C19H20N4O2S/c1-5-14(7-6-12(2)24-4)17-9-15(25-23-17)10-20-18-16-8-13(3)26-19(16)22-11-21-18/h5-9,11H,2,10H2,1,3-4H3,(H,20,21,22). The van der Waals surface area contributed by atoms with Gasteiger partial charge in [0.1, 0.15) is 28.4 Å². The molecule has 0 aliphatic heterocycles. The average molecular weight is 368 g/mol. The molecule has 0 unspecified atom stereocenters. The smallest absolute Gasteiger partial charge is 0.156 e. The van der Waals surface area contributed by atoms with Crippen LogP contribution in [-0.4, -0.2) is 22.2 Å². The van der Waals surface area contributed by atoms with Crippen molar-refractivity contribution in [1.29, 1.82) is 0 Å². The predicted octanol–water partition coefficient (Wildman–Crippen LogP) is 4.72. The molecule has 0 aromatic carbocycles. The minimum atomic E-state index is 0.486. The normalized spacial score (nSPS) is 12.0. The Morgan fingerprint density at radius 3 is 2.96 bits per heavy atom. The van der Waals surface area contributed by atoms with Gasteiger partial charge >= 0.3 is 0 Å². The Hall–Kier alpha value is -2.93. The number of hydrogen-bond acceptors (Lipinski definition) is 7. The Morgan fingerprint density at radius 2 is 2.19 bits per heavy atom. The number of allylic oxidation sites excluding steroid dienone is 4. The van der Waals surface area contributed by atoms with E-state index in [2.05, 4.69) is 40.0 Å². The summed E-state index contributed by atoms with van der Waals surface area (Å²) in [5.74, 6) is 2.09. The van der Waals surface area contributed by atoms with Gasteiger partial charge in [-0.15, -0.1) is 11.3 Å². The highest BCUT2D eigenvalue weighted by molar-refractivity contribution is 7.18. The number of nitrogens with zero attached hydrogens (tertiary/aromatic N) is 3. The number of hydrogen-bond donors (Lipinski definition) is 1. The first kappa shape index (κ1) is 17.9. The van der Waals surface area contributed by atoms with Crippen molar-refractivity contribution in [2.24, 2.45) is 0 Å². The second kappa shape index (κ2) is 7.97. The Bertz CT molecular complexity index is 985. The molecule has 0 radical (unpaired) electrons. The molecule has 0 saturated carbocycles. The van der Waals surface area contributed by atoms with Crippen LogP contribution in [0.15, 0.2) is 53.5 Å². The molecule has 26 heavy (non-hydrogen) atoms. The lowest BCUT2D eigenvalue weighted by Gasteiger charge is -2.03. The third-order valence-electron chi connectivity index (χ3n) is 3.76. The van der Waals surface area contributed by atoms with Crippen molar-refractivity contribution >= 4 is 32.9 Å². The van der Waals surface area contributed by atoms with E-state index in [1.54, 1.807) is 30.8 Å². The molecule has 0 atom stereocenters. The van der Waals surface area contributed by atoms with Gasteiger partial charge in [-0.3, -0.25) is 0 Å². The SMILES string of the molecule is C=C(C=CC(=CC)c1cc(CNc2ncnc3sc(C)cc23)on1)OC. The van der Waals surface area contributed by atoms with Crippen molar-refractivity contribution in [2.75, 3.05) is 12.4 Å². The van der Waals surface area contributed by atoms with Gasteiger partial charge in [-0.05, 0) is 37.6 Å². The molecule has 3 aromatic rings. The molecule has 0 fully saturated rings. The van der Waals surface area contributed by atoms with Gasteiger partial charge in [0, 0.05) is 10.9 Å². The van der Waals surface area contributed by atoms with Crippen LogP contribution in [-0.2, 0) is 11.3 Å². The van der Waals surface area contributed by atoms with E-state index in [9.17, 15) is 0 Å². The molecule has 3 rings (SSSR count). The molecule has 3 heterocycles. The zero-order chi connectivity index (χ0) is 18.5. The highest BCUT2D eigenvalue weighted by atomic mass is 32.1. The van der Waals surface area contributed by atoms with Gasteiger partial charge in [0.25, 0.3) is 0 Å². The lowest BCUT2D eigenvalue weighted by atomic mass is 10.1. The number of rotatable bonds is 7. The summed E-state index contributed by atoms with van der Waals surface area (Å²) in [4.78, 5) is 10.8. The minimum Gasteiger partial charge on any atom is -0.497 e. The number of aryl methyl sites for hydroxylation is 1. The van der Waals surface area contributed by atoms with Crippen LogP contribution in [0.1, 0.15) is 23.3 Å². The summed E-state index contributed by atoms with van der Waals surface area (Å²) in [5.41, 5.74) is 1.68. The number of anilines is 1. The van der Waals surface area contributed by atoms with Gasteiger partial charge in [0.2, 0.25) is 0 Å². The fourth-order valence-electron chi connectivity index (χ4n) is 2.40. The van der Waals surface area contributed by atoms with Gasteiger partial charge in [-0.25, -0.2) is 9.97 Å². The maximum atomic E-state index is 5.44. The van der Waals surface area contributed by atoms with E-state index < -0.39 is 0 Å². The second-order valence-corrected chi connectivity index (χ2v) is 6.81. The van der Waals surface area contributed by atoms with Crippen LogP contribution in [0.2, 0.25) is 0 Å². The maximum absolute atomic E-state index is 5.44. The zero-order valence-corrected chi connectivity index (χ0v) is 15.8. The van der Waals surface area contributed by atoms with Crippen molar-refractivity contribution < 1.29 is 9.26 Å². The summed E-state index contributed by atoms with van der Waals surface area (Å²) in [6.07, 6.45) is 7.20. The monoisotopic (exact) mass is 368 g/mol. The molecule has 0 bridgehead atoms. The highest BCUT2D eigenvalue weighted by Gasteiger charge is 2.10. The van der Waals surface area contributed by atoms with Crippen molar-refractivity contribution in [3.05, 3.63) is 65.4 Å². The number of ether oxygens (including phenoxy) is 1. The molecule has 0 spiro atoms. The summed E-state index contributed by atoms with van der Waals surface area (Å²) in [6, 6.07) is 3.99. The molecule has 0 amide bonds. The van der Waals surface area contributed by atoms with Gasteiger partial charge in [0.05, 0.1) is 19.0 Å². The van der Waals surface area contributed by atoms with Gasteiger partial charge in [0.15, 0.2) is 5.76 Å². The Kier molecular flexibility index (Phi) is 5.48. The lowest BCUT2D eigenvalue weighted by molar-refractivity contribution is 0.309. The average Bonchev–Trinajstić information content (AvgIpc) is 3.26. The van der Waals surface area contributed by atoms with Crippen LogP contribution >= 0.6 is 11.3 Å². The first-order valence-electron chi connectivity index (χ1n) is 8.09. The van der Waals surface area contributed by atoms with Crippen LogP contribution < -0.4 is 5.32 Å². The number of methoxy groups -OCH3 is 1. The number of thiophene rings is 1. The highest BCUT2D eigenvalue weighted by Crippen LogP contribution is 2.27. The molecule has 6 nitrogen and oxygen atoms in total. The zero-order valence-electron chi connectivity index (χ0n) is 14.9. The summed E-state index contributed by atoms with van der Waals surface area (Å²) < 4.78 is 10.5. The van der Waals surface area contributed by atoms with Crippen LogP contribution in [0.5, 0.6) is 0 Å². The molecule has 0 aliphatic rings. The van der Waals surface area contributed by atoms with Crippen LogP contribution in [0.4, 0.5) is 5.82 Å². The lowest BCUT2D eigenvalue weighted by Crippen LogP contribution is -2.00. The summed E-state index contributed by atoms with van der Waals surface area (Å²) >= 11 is 1.65. The second-order valence-electron chi connectivity index (χ2n) is 5.58. The fourth-order valence-corrected chi connectivity index (χ4v) is 3.25. The summed E-state index contributed by atoms with van der Waals surface area (Å²) in [6.45, 7) is 8.25. The number of nitrogens with one attached hydrogen (secondary N) is 1. The molecule has 0 saturated heterocycles. The third kappa shape index (κ3) is 4.00.